The van der Waals surface area contributed by atoms with Gasteiger partial charge in [-0.05, 0) is 66.9 Å². The Hall–Kier alpha value is -3.18. The van der Waals surface area contributed by atoms with Crippen LogP contribution in [-0.4, -0.2) is 67.6 Å². The molecule has 4 aliphatic rings. The van der Waals surface area contributed by atoms with Crippen LogP contribution in [0.15, 0.2) is 48.0 Å². The molecule has 0 spiro atoms. The monoisotopic (exact) mass is 596 g/mol. The highest BCUT2D eigenvalue weighted by Crippen LogP contribution is 2.65. The third-order valence-electron chi connectivity index (χ3n) is 9.29. The molecule has 3 fully saturated rings. The number of aryl methyl sites for hydroxylation is 2. The molecule has 9 nitrogen and oxygen atoms in total. The maximum Gasteiger partial charge on any atom is 0.488 e. The fourth-order valence-corrected chi connectivity index (χ4v) is 8.37. The molecule has 2 aromatic rings. The van der Waals surface area contributed by atoms with Crippen LogP contribution >= 0.6 is 23.2 Å². The van der Waals surface area contributed by atoms with Crippen molar-refractivity contribution in [2.24, 2.45) is 17.8 Å². The molecule has 0 bridgehead atoms. The van der Waals surface area contributed by atoms with Gasteiger partial charge in [-0.15, -0.1) is 23.2 Å². The number of aromatic hydroxyl groups is 1. The second kappa shape index (κ2) is 9.16. The predicted molar refractivity (Wildman–Crippen MR) is 152 cm³/mol. The number of benzene rings is 2. The van der Waals surface area contributed by atoms with Gasteiger partial charge in [-0.1, -0.05) is 35.9 Å². The fourth-order valence-electron chi connectivity index (χ4n) is 7.35. The quantitative estimate of drug-likeness (QED) is 0.213. The van der Waals surface area contributed by atoms with Gasteiger partial charge in [0, 0.05) is 13.0 Å². The van der Waals surface area contributed by atoms with Gasteiger partial charge in [0.25, 0.3) is 11.8 Å². The molecule has 6 atom stereocenters. The zero-order chi connectivity index (χ0) is 29.8. The van der Waals surface area contributed by atoms with Crippen molar-refractivity contribution >= 4 is 65.1 Å². The second-order valence-corrected chi connectivity index (χ2v) is 12.7. The third kappa shape index (κ3) is 3.57. The van der Waals surface area contributed by atoms with Crippen LogP contribution in [0, 0.1) is 31.6 Å². The number of allylic oxidation sites excluding steroid dienone is 2. The average Bonchev–Trinajstić information content (AvgIpc) is 3.26. The Morgan fingerprint density at radius 1 is 0.951 bits per heavy atom. The molecule has 0 aromatic heterocycles. The smallest absolute Gasteiger partial charge is 0.488 e. The van der Waals surface area contributed by atoms with Crippen LogP contribution in [0.1, 0.15) is 35.4 Å². The summed E-state index contributed by atoms with van der Waals surface area (Å²) in [5, 5.41) is 29.7. The number of fused-ring (bicyclic) bond motifs is 4. The summed E-state index contributed by atoms with van der Waals surface area (Å²) < 4.78 is 0. The number of carbonyl (C=O) groups is 4. The summed E-state index contributed by atoms with van der Waals surface area (Å²) in [7, 11) is -0.456. The molecule has 2 aromatic carbocycles. The first-order valence-electron chi connectivity index (χ1n) is 13.3. The lowest BCUT2D eigenvalue weighted by Crippen LogP contribution is -2.60. The summed E-state index contributed by atoms with van der Waals surface area (Å²) in [4.78, 5) is 53.1. The Kier molecular flexibility index (Phi) is 6.25. The van der Waals surface area contributed by atoms with Gasteiger partial charge >= 0.3 is 7.12 Å². The fraction of sp³-hybridized carbons (Fsp3) is 0.379. The first-order valence-corrected chi connectivity index (χ1v) is 14.0. The number of halogens is 2. The topological polar surface area (TPSA) is 135 Å². The van der Waals surface area contributed by atoms with Crippen LogP contribution in [0.25, 0.3) is 0 Å². The molecule has 41 heavy (non-hydrogen) atoms. The normalized spacial score (nSPS) is 32.6. The molecule has 1 saturated carbocycles. The van der Waals surface area contributed by atoms with Crippen LogP contribution in [0.4, 0.5) is 5.69 Å². The number of phenolic OH excluding ortho intramolecular Hbond substituents is 1. The standard InChI is InChI=1S/C29H27BCl2N2O7/c1-13-9-15(10-14(2)23(13)35)22-18-7-8-19-21(20(18)12-28(31)26(38)33(3)27(39)29(22,28)32)25(37)34(24(19)36)17-6-4-5-16(11-17)30(40)41/h4-7,9-11,19-22,35,40-41H,8,12H2,1-3H3. The highest BCUT2D eigenvalue weighted by atomic mass is 35.5. The Bertz CT molecular complexity index is 1570. The minimum absolute atomic E-state index is 0.0907. The lowest BCUT2D eigenvalue weighted by molar-refractivity contribution is -0.138. The van der Waals surface area contributed by atoms with Gasteiger partial charge in [0.05, 0.1) is 17.5 Å². The number of hydrogen-bond acceptors (Lipinski definition) is 7. The van der Waals surface area contributed by atoms with E-state index in [1.54, 1.807) is 32.0 Å². The lowest BCUT2D eigenvalue weighted by Gasteiger charge is -2.51. The molecular formula is C29H27BCl2N2O7. The van der Waals surface area contributed by atoms with E-state index in [4.69, 9.17) is 23.2 Å². The molecule has 6 unspecified atom stereocenters. The summed E-state index contributed by atoms with van der Waals surface area (Å²) in [5.41, 5.74) is 2.65. The Morgan fingerprint density at radius 2 is 1.61 bits per heavy atom. The minimum Gasteiger partial charge on any atom is -0.507 e. The number of phenols is 1. The Balaban J connectivity index is 1.51. The van der Waals surface area contributed by atoms with Gasteiger partial charge in [0.2, 0.25) is 11.8 Å². The molecule has 2 saturated heterocycles. The minimum atomic E-state index is -1.90. The van der Waals surface area contributed by atoms with Crippen LogP contribution in [0.3, 0.4) is 0 Å². The summed E-state index contributed by atoms with van der Waals surface area (Å²) in [5.74, 6) is -5.38. The van der Waals surface area contributed by atoms with Crippen molar-refractivity contribution < 1.29 is 34.3 Å². The number of nitrogens with zero attached hydrogens (tertiary/aromatic N) is 2. The number of amides is 4. The SMILES string of the molecule is Cc1cc(C2C3=CCC4C(=O)N(c5cccc(B(O)O)c5)C(=O)C4C3CC3(Cl)C(=O)N(C)C(=O)C23Cl)cc(C)c1O. The van der Waals surface area contributed by atoms with E-state index in [1.807, 2.05) is 6.08 Å². The van der Waals surface area contributed by atoms with E-state index in [2.05, 4.69) is 0 Å². The van der Waals surface area contributed by atoms with Crippen LogP contribution < -0.4 is 10.4 Å². The van der Waals surface area contributed by atoms with Gasteiger partial charge in [-0.3, -0.25) is 29.0 Å². The number of alkyl halides is 2. The molecule has 212 valence electrons. The van der Waals surface area contributed by atoms with Crippen LogP contribution in [0.2, 0.25) is 0 Å². The van der Waals surface area contributed by atoms with Gasteiger partial charge in [-0.2, -0.15) is 0 Å². The highest BCUT2D eigenvalue weighted by Gasteiger charge is 2.75. The van der Waals surface area contributed by atoms with Crippen molar-refractivity contribution in [3.05, 3.63) is 64.7 Å². The van der Waals surface area contributed by atoms with Crippen LogP contribution in [0.5, 0.6) is 5.75 Å². The Morgan fingerprint density at radius 3 is 2.24 bits per heavy atom. The van der Waals surface area contributed by atoms with Crippen molar-refractivity contribution in [3.63, 3.8) is 0 Å². The van der Waals surface area contributed by atoms with E-state index in [0.717, 1.165) is 9.80 Å². The average molecular weight is 597 g/mol. The van der Waals surface area contributed by atoms with Crippen molar-refractivity contribution in [1.29, 1.82) is 0 Å². The molecule has 0 radical (unpaired) electrons. The first-order chi connectivity index (χ1) is 19.2. The van der Waals surface area contributed by atoms with Gasteiger partial charge < -0.3 is 15.2 Å². The van der Waals surface area contributed by atoms with Gasteiger partial charge in [0.1, 0.15) is 5.75 Å². The Labute approximate surface area is 246 Å². The van der Waals surface area contributed by atoms with E-state index in [-0.39, 0.29) is 29.7 Å². The lowest BCUT2D eigenvalue weighted by atomic mass is 9.56. The van der Waals surface area contributed by atoms with Gasteiger partial charge in [-0.25, -0.2) is 0 Å². The van der Waals surface area contributed by atoms with Crippen molar-refractivity contribution in [2.75, 3.05) is 11.9 Å². The zero-order valence-electron chi connectivity index (χ0n) is 22.5. The molecule has 4 amide bonds. The number of carbonyl (C=O) groups excluding carboxylic acids is 4. The maximum atomic E-state index is 14.1. The number of anilines is 1. The maximum absolute atomic E-state index is 14.1. The summed E-state index contributed by atoms with van der Waals surface area (Å²) in [6.45, 7) is 3.43. The number of imide groups is 2. The number of likely N-dealkylation sites (tertiary alicyclic amines) is 1. The second-order valence-electron chi connectivity index (χ2n) is 11.5. The third-order valence-corrected chi connectivity index (χ3v) is 10.7. The predicted octanol–water partition coefficient (Wildman–Crippen LogP) is 1.88. The van der Waals surface area contributed by atoms with Crippen LogP contribution in [-0.2, 0) is 19.2 Å². The highest BCUT2D eigenvalue weighted by molar-refractivity contribution is 6.58. The summed E-state index contributed by atoms with van der Waals surface area (Å²) >= 11 is 14.4. The van der Waals surface area contributed by atoms with E-state index in [9.17, 15) is 34.3 Å². The molecule has 2 aliphatic heterocycles. The molecule has 2 aliphatic carbocycles. The molecule has 2 heterocycles. The summed E-state index contributed by atoms with van der Waals surface area (Å²) in [6.07, 6.45) is 1.91. The number of hydrogen-bond donors (Lipinski definition) is 3. The molecule has 6 rings (SSSR count). The molecule has 3 N–H and O–H groups in total. The van der Waals surface area contributed by atoms with Crippen molar-refractivity contribution in [2.45, 2.75) is 42.4 Å². The van der Waals surface area contributed by atoms with Crippen molar-refractivity contribution in [1.82, 2.24) is 4.90 Å². The van der Waals surface area contributed by atoms with E-state index >= 15 is 0 Å². The van der Waals surface area contributed by atoms with E-state index in [1.165, 1.54) is 25.2 Å². The van der Waals surface area contributed by atoms with Gasteiger partial charge in [0.15, 0.2) is 9.75 Å². The largest absolute Gasteiger partial charge is 0.507 e. The number of rotatable bonds is 3. The first kappa shape index (κ1) is 28.0. The molecular weight excluding hydrogens is 570 g/mol. The zero-order valence-corrected chi connectivity index (χ0v) is 24.0. The molecule has 12 heteroatoms. The van der Waals surface area contributed by atoms with E-state index in [0.29, 0.717) is 22.3 Å². The van der Waals surface area contributed by atoms with Crippen molar-refractivity contribution in [3.8, 4) is 5.75 Å². The van der Waals surface area contributed by atoms with E-state index < -0.39 is 64.2 Å². The summed E-state index contributed by atoms with van der Waals surface area (Å²) in [6, 6.07) is 9.32.